The van der Waals surface area contributed by atoms with Crippen LogP contribution in [0.15, 0.2) is 41.6 Å². The number of halogens is 1. The molecule has 0 fully saturated rings. The van der Waals surface area contributed by atoms with Crippen molar-refractivity contribution in [3.63, 3.8) is 0 Å². The van der Waals surface area contributed by atoms with Crippen LogP contribution in [0.5, 0.6) is 11.5 Å². The second-order valence-corrected chi connectivity index (χ2v) is 6.87. The summed E-state index contributed by atoms with van der Waals surface area (Å²) in [5.41, 5.74) is 0.537. The van der Waals surface area contributed by atoms with Crippen molar-refractivity contribution in [2.24, 2.45) is 0 Å². The molecule has 2 aromatic rings. The molecule has 3 rings (SSSR count). The Morgan fingerprint density at radius 1 is 1.19 bits per heavy atom. The highest BCUT2D eigenvalue weighted by molar-refractivity contribution is 7.90. The number of benzene rings is 1. The monoisotopic (exact) mass is 325 g/mol. The number of hydrogen-bond acceptors (Lipinski definition) is 5. The van der Waals surface area contributed by atoms with Gasteiger partial charge >= 0.3 is 0 Å². The van der Waals surface area contributed by atoms with Gasteiger partial charge in [-0.2, -0.15) is 0 Å². The van der Waals surface area contributed by atoms with Gasteiger partial charge in [-0.25, -0.2) is 13.4 Å². The third-order valence-electron chi connectivity index (χ3n) is 2.97. The molecule has 0 saturated heterocycles. The minimum atomic E-state index is -3.52. The topological polar surface area (TPSA) is 65.5 Å². The molecule has 1 aliphatic heterocycles. The molecule has 0 amide bonds. The lowest BCUT2D eigenvalue weighted by molar-refractivity contribution is 0.171. The Balaban J connectivity index is 1.94. The quantitative estimate of drug-likeness (QED) is 0.867. The molecule has 0 N–H and O–H groups in total. The van der Waals surface area contributed by atoms with Crippen LogP contribution in [-0.4, -0.2) is 26.6 Å². The lowest BCUT2D eigenvalue weighted by Crippen LogP contribution is -2.16. The third kappa shape index (κ3) is 2.96. The minimum absolute atomic E-state index is 0.0380. The molecule has 0 bridgehead atoms. The predicted molar refractivity (Wildman–Crippen MR) is 77.6 cm³/mol. The van der Waals surface area contributed by atoms with Gasteiger partial charge in [0.2, 0.25) is 0 Å². The third-order valence-corrected chi connectivity index (χ3v) is 4.84. The van der Waals surface area contributed by atoms with Crippen LogP contribution in [-0.2, 0) is 15.6 Å². The van der Waals surface area contributed by atoms with Gasteiger partial charge in [0.15, 0.2) is 26.4 Å². The Hall–Kier alpha value is -1.79. The number of fused-ring (bicyclic) bond motifs is 1. The Morgan fingerprint density at radius 2 is 2.00 bits per heavy atom. The van der Waals surface area contributed by atoms with Crippen LogP contribution in [0, 0.1) is 0 Å². The van der Waals surface area contributed by atoms with Crippen molar-refractivity contribution in [1.82, 2.24) is 4.98 Å². The summed E-state index contributed by atoms with van der Waals surface area (Å²) in [7, 11) is -3.52. The summed E-state index contributed by atoms with van der Waals surface area (Å²) in [6.45, 7) is 0.845. The van der Waals surface area contributed by atoms with Gasteiger partial charge in [-0.3, -0.25) is 0 Å². The van der Waals surface area contributed by atoms with Gasteiger partial charge in [0.1, 0.15) is 13.2 Å². The second-order valence-electron chi connectivity index (χ2n) is 4.53. The van der Waals surface area contributed by atoms with Gasteiger partial charge in [0.25, 0.3) is 0 Å². The fourth-order valence-corrected chi connectivity index (χ4v) is 3.62. The van der Waals surface area contributed by atoms with Crippen LogP contribution in [0.4, 0.5) is 0 Å². The maximum absolute atomic E-state index is 12.3. The van der Waals surface area contributed by atoms with Crippen LogP contribution in [0.2, 0.25) is 5.02 Å². The van der Waals surface area contributed by atoms with Crippen LogP contribution < -0.4 is 9.47 Å². The zero-order valence-electron chi connectivity index (χ0n) is 11.0. The van der Waals surface area contributed by atoms with Crippen molar-refractivity contribution in [2.75, 3.05) is 13.2 Å². The highest BCUT2D eigenvalue weighted by Crippen LogP contribution is 2.38. The summed E-state index contributed by atoms with van der Waals surface area (Å²) < 4.78 is 35.5. The molecule has 5 nitrogen and oxygen atoms in total. The molecule has 0 atom stereocenters. The molecular weight excluding hydrogens is 314 g/mol. The fraction of sp³-hybridized carbons (Fsp3) is 0.214. The smallest absolute Gasteiger partial charge is 0.199 e. The van der Waals surface area contributed by atoms with Gasteiger partial charge < -0.3 is 9.47 Å². The van der Waals surface area contributed by atoms with Gasteiger partial charge in [-0.05, 0) is 29.8 Å². The van der Waals surface area contributed by atoms with E-state index in [1.807, 2.05) is 0 Å². The van der Waals surface area contributed by atoms with Gasteiger partial charge in [0.05, 0.1) is 10.8 Å². The molecule has 110 valence electrons. The molecule has 0 unspecified atom stereocenters. The van der Waals surface area contributed by atoms with E-state index >= 15 is 0 Å². The van der Waals surface area contributed by atoms with Crippen molar-refractivity contribution >= 4 is 21.4 Å². The Labute approximate surface area is 127 Å². The molecule has 0 radical (unpaired) electrons. The summed E-state index contributed by atoms with van der Waals surface area (Å²) >= 11 is 6.11. The average Bonchev–Trinajstić information content (AvgIpc) is 2.48. The summed E-state index contributed by atoms with van der Waals surface area (Å²) in [6, 6.07) is 7.99. The van der Waals surface area contributed by atoms with E-state index in [4.69, 9.17) is 21.1 Å². The van der Waals surface area contributed by atoms with Gasteiger partial charge in [-0.1, -0.05) is 17.7 Å². The number of hydrogen-bond donors (Lipinski definition) is 0. The maximum Gasteiger partial charge on any atom is 0.199 e. The summed E-state index contributed by atoms with van der Waals surface area (Å²) in [6.07, 6.45) is 1.45. The van der Waals surface area contributed by atoms with E-state index in [0.29, 0.717) is 35.3 Å². The molecule has 0 aliphatic carbocycles. The lowest BCUT2D eigenvalue weighted by Gasteiger charge is -2.20. The number of sulfone groups is 1. The Morgan fingerprint density at radius 3 is 2.76 bits per heavy atom. The Bertz CT molecular complexity index is 762. The largest absolute Gasteiger partial charge is 0.486 e. The normalized spacial score (nSPS) is 14.0. The van der Waals surface area contributed by atoms with Crippen LogP contribution in [0.3, 0.4) is 0 Å². The first-order valence-corrected chi connectivity index (χ1v) is 8.31. The fourth-order valence-electron chi connectivity index (χ4n) is 2.07. The average molecular weight is 326 g/mol. The van der Waals surface area contributed by atoms with E-state index in [9.17, 15) is 8.42 Å². The molecular formula is C14H12ClNO4S. The number of pyridine rings is 1. The van der Waals surface area contributed by atoms with Crippen LogP contribution in [0.1, 0.15) is 5.56 Å². The zero-order valence-corrected chi connectivity index (χ0v) is 12.5. The lowest BCUT2D eigenvalue weighted by atomic mass is 10.2. The molecule has 7 heteroatoms. The van der Waals surface area contributed by atoms with E-state index in [0.717, 1.165) is 0 Å². The van der Waals surface area contributed by atoms with E-state index in [-0.39, 0.29) is 10.8 Å². The molecule has 0 spiro atoms. The number of ether oxygens (including phenoxy) is 2. The van der Waals surface area contributed by atoms with Gasteiger partial charge in [0, 0.05) is 6.20 Å². The molecule has 1 aromatic carbocycles. The van der Waals surface area contributed by atoms with Crippen molar-refractivity contribution in [2.45, 2.75) is 10.8 Å². The summed E-state index contributed by atoms with van der Waals surface area (Å²) in [5, 5.41) is 0.384. The highest BCUT2D eigenvalue weighted by Gasteiger charge is 2.21. The van der Waals surface area contributed by atoms with Crippen molar-refractivity contribution in [3.8, 4) is 11.5 Å². The summed E-state index contributed by atoms with van der Waals surface area (Å²) in [4.78, 5) is 3.88. The molecule has 1 aliphatic rings. The maximum atomic E-state index is 12.3. The predicted octanol–water partition coefficient (Wildman–Crippen LogP) is 2.48. The SMILES string of the molecule is O=S(=O)(Cc1cc(Cl)c2c(c1)OCCO2)c1ccccn1. The zero-order chi connectivity index (χ0) is 14.9. The summed E-state index contributed by atoms with van der Waals surface area (Å²) in [5.74, 6) is 0.738. The molecule has 0 saturated carbocycles. The van der Waals surface area contributed by atoms with E-state index in [1.54, 1.807) is 24.3 Å². The van der Waals surface area contributed by atoms with Crippen molar-refractivity contribution < 1.29 is 17.9 Å². The number of aromatic nitrogens is 1. The molecule has 2 heterocycles. The van der Waals surface area contributed by atoms with E-state index in [2.05, 4.69) is 4.98 Å². The first kappa shape index (κ1) is 14.2. The number of nitrogens with zero attached hydrogens (tertiary/aromatic N) is 1. The van der Waals surface area contributed by atoms with E-state index < -0.39 is 9.84 Å². The van der Waals surface area contributed by atoms with Crippen LogP contribution in [0.25, 0.3) is 0 Å². The molecule has 21 heavy (non-hydrogen) atoms. The minimum Gasteiger partial charge on any atom is -0.486 e. The first-order valence-electron chi connectivity index (χ1n) is 6.28. The second kappa shape index (κ2) is 5.54. The van der Waals surface area contributed by atoms with Gasteiger partial charge in [-0.15, -0.1) is 0 Å². The van der Waals surface area contributed by atoms with Crippen molar-refractivity contribution in [3.05, 3.63) is 47.1 Å². The Kier molecular flexibility index (Phi) is 3.73. The van der Waals surface area contributed by atoms with Crippen LogP contribution >= 0.6 is 11.6 Å². The van der Waals surface area contributed by atoms with Crippen molar-refractivity contribution in [1.29, 1.82) is 0 Å². The number of rotatable bonds is 3. The molecule has 1 aromatic heterocycles. The highest BCUT2D eigenvalue weighted by atomic mass is 35.5. The standard InChI is InChI=1S/C14H12ClNO4S/c15-11-7-10(8-12-14(11)20-6-5-19-12)9-21(17,18)13-3-1-2-4-16-13/h1-4,7-8H,5-6,9H2. The van der Waals surface area contributed by atoms with E-state index in [1.165, 1.54) is 12.3 Å². The first-order chi connectivity index (χ1) is 10.1.